The Kier molecular flexibility index (Phi) is 12.0. The zero-order chi connectivity index (χ0) is 48.2. The molecule has 0 unspecified atom stereocenters. The third-order valence-corrected chi connectivity index (χ3v) is 13.3. The molecule has 5 nitrogen and oxygen atoms in total. The van der Waals surface area contributed by atoms with Gasteiger partial charge in [-0.1, -0.05) is 175 Å². The quantitative estimate of drug-likeness (QED) is 0.148. The van der Waals surface area contributed by atoms with Gasteiger partial charge in [0.25, 0.3) is 0 Å². The average molecular weight is 947 g/mol. The lowest BCUT2D eigenvalue weighted by Crippen LogP contribution is -2.10. The Bertz CT molecular complexity index is 3860. The minimum atomic E-state index is 0.703. The van der Waals surface area contributed by atoms with E-state index < -0.39 is 0 Å². The molecule has 1 N–H and O–H groups in total. The van der Waals surface area contributed by atoms with Crippen molar-refractivity contribution in [3.05, 3.63) is 290 Å². The number of aromatic nitrogens is 2. The zero-order valence-electron chi connectivity index (χ0n) is 39.3. The van der Waals surface area contributed by atoms with E-state index in [1.54, 1.807) is 0 Å². The van der Waals surface area contributed by atoms with Crippen LogP contribution >= 0.6 is 11.6 Å². The highest BCUT2D eigenvalue weighted by Gasteiger charge is 2.24. The Morgan fingerprint density at radius 1 is 0.292 bits per heavy atom. The smallest absolute Gasteiger partial charge is 0.0582 e. The monoisotopic (exact) mass is 945 g/mol. The molecule has 0 saturated carbocycles. The minimum Gasteiger partial charge on any atom is -0.355 e. The van der Waals surface area contributed by atoms with Crippen LogP contribution in [0.25, 0.3) is 55.0 Å². The minimum absolute atomic E-state index is 0.703. The Balaban J connectivity index is 0.000000149. The predicted octanol–water partition coefficient (Wildman–Crippen LogP) is 18.9. The first kappa shape index (κ1) is 44.0. The molecule has 2 aromatic heterocycles. The van der Waals surface area contributed by atoms with Gasteiger partial charge in [-0.2, -0.15) is 0 Å². The normalized spacial score (nSPS) is 11.1. The van der Waals surface area contributed by atoms with Crippen LogP contribution in [0, 0.1) is 0 Å². The Morgan fingerprint density at radius 3 is 1.04 bits per heavy atom. The van der Waals surface area contributed by atoms with Crippen LogP contribution in [0.5, 0.6) is 0 Å². The van der Waals surface area contributed by atoms with E-state index in [2.05, 4.69) is 285 Å². The second kappa shape index (κ2) is 19.6. The fourth-order valence-electron chi connectivity index (χ4n) is 10.1. The standard InChI is InChI=1S/C36H27N3.C30H21ClN2/c1-5-15-27(16-6-1)37-28-25-34(38(29-17-7-2-8-18-29)30-19-9-3-10-20-30)36-32-23-13-14-24-33(32)39(35(36)26-28)31-21-11-4-12-22-31;31-22-20-28(32(23-12-4-1-5-13-23)24-14-6-2-7-15-24)30-26-18-10-11-19-27(26)33(29(30)21-22)25-16-8-3-9-17-25/h1-26,37H;1-21H. The van der Waals surface area contributed by atoms with E-state index in [1.807, 2.05) is 24.3 Å². The number of hydrogen-bond donors (Lipinski definition) is 1. The van der Waals surface area contributed by atoms with Crippen molar-refractivity contribution in [2.75, 3.05) is 15.1 Å². The van der Waals surface area contributed by atoms with Gasteiger partial charge < -0.3 is 24.3 Å². The molecule has 0 aliphatic rings. The Morgan fingerprint density at radius 2 is 0.625 bits per heavy atom. The third kappa shape index (κ3) is 8.38. The molecular weight excluding hydrogens is 898 g/mol. The first-order valence-corrected chi connectivity index (χ1v) is 24.6. The Labute approximate surface area is 424 Å². The van der Waals surface area contributed by atoms with Gasteiger partial charge in [-0.3, -0.25) is 0 Å². The molecule has 0 bridgehead atoms. The summed E-state index contributed by atoms with van der Waals surface area (Å²) in [6.45, 7) is 0. The number of rotatable bonds is 10. The van der Waals surface area contributed by atoms with Crippen LogP contribution in [0.15, 0.2) is 285 Å². The molecule has 0 spiro atoms. The fraction of sp³-hybridized carbons (Fsp3) is 0. The molecule has 0 atom stereocenters. The van der Waals surface area contributed by atoms with Crippen LogP contribution in [-0.4, -0.2) is 9.13 Å². The number of fused-ring (bicyclic) bond motifs is 6. The number of nitrogens with one attached hydrogen (secondary N) is 1. The van der Waals surface area contributed by atoms with Gasteiger partial charge >= 0.3 is 0 Å². The summed E-state index contributed by atoms with van der Waals surface area (Å²) in [5, 5.41) is 9.17. The van der Waals surface area contributed by atoms with Gasteiger partial charge in [0, 0.05) is 72.1 Å². The summed E-state index contributed by atoms with van der Waals surface area (Å²) >= 11 is 6.79. The second-order valence-corrected chi connectivity index (χ2v) is 18.0. The van der Waals surface area contributed by atoms with Crippen LogP contribution in [0.4, 0.5) is 45.5 Å². The van der Waals surface area contributed by atoms with Gasteiger partial charge in [-0.15, -0.1) is 0 Å². The van der Waals surface area contributed by atoms with Gasteiger partial charge in [-0.05, 0) is 121 Å². The largest absolute Gasteiger partial charge is 0.355 e. The Hall–Kier alpha value is -9.29. The molecule has 344 valence electrons. The van der Waals surface area contributed by atoms with Crippen molar-refractivity contribution in [3.8, 4) is 11.4 Å². The molecule has 0 aliphatic heterocycles. The van der Waals surface area contributed by atoms with Crippen molar-refractivity contribution in [3.63, 3.8) is 0 Å². The SMILES string of the molecule is Clc1cc(N(c2ccccc2)c2ccccc2)c2c3ccccc3n(-c3ccccc3)c2c1.c1ccc(Nc2cc(N(c3ccccc3)c3ccccc3)c3c4ccccc4n(-c4ccccc4)c3c2)cc1. The van der Waals surface area contributed by atoms with Crippen LogP contribution in [0.2, 0.25) is 5.02 Å². The number of nitrogens with zero attached hydrogens (tertiary/aromatic N) is 4. The predicted molar refractivity (Wildman–Crippen MR) is 306 cm³/mol. The summed E-state index contributed by atoms with van der Waals surface area (Å²) in [6, 6.07) is 99.5. The van der Waals surface area contributed by atoms with Crippen molar-refractivity contribution >= 4 is 101 Å². The van der Waals surface area contributed by atoms with Gasteiger partial charge in [0.2, 0.25) is 0 Å². The van der Waals surface area contributed by atoms with Crippen LogP contribution in [0.3, 0.4) is 0 Å². The van der Waals surface area contributed by atoms with Crippen LogP contribution in [0.1, 0.15) is 0 Å². The van der Waals surface area contributed by atoms with E-state index in [1.165, 1.54) is 27.1 Å². The summed E-state index contributed by atoms with van der Waals surface area (Å²) in [7, 11) is 0. The second-order valence-electron chi connectivity index (χ2n) is 17.6. The first-order valence-electron chi connectivity index (χ1n) is 24.2. The van der Waals surface area contributed by atoms with E-state index in [-0.39, 0.29) is 0 Å². The van der Waals surface area contributed by atoms with Crippen LogP contribution in [-0.2, 0) is 0 Å². The molecule has 0 amide bonds. The summed E-state index contributed by atoms with van der Waals surface area (Å²) in [5.41, 5.74) is 15.5. The first-order chi connectivity index (χ1) is 35.7. The number of halogens is 1. The van der Waals surface area contributed by atoms with Crippen molar-refractivity contribution in [2.24, 2.45) is 0 Å². The van der Waals surface area contributed by atoms with Gasteiger partial charge in [-0.25, -0.2) is 0 Å². The van der Waals surface area contributed by atoms with E-state index in [0.717, 1.165) is 73.4 Å². The molecular formula is C66H48ClN5. The van der Waals surface area contributed by atoms with E-state index in [0.29, 0.717) is 5.02 Å². The molecule has 2 heterocycles. The highest BCUT2D eigenvalue weighted by Crippen LogP contribution is 2.47. The van der Waals surface area contributed by atoms with Crippen molar-refractivity contribution in [1.82, 2.24) is 9.13 Å². The van der Waals surface area contributed by atoms with Crippen molar-refractivity contribution in [1.29, 1.82) is 0 Å². The topological polar surface area (TPSA) is 28.4 Å². The lowest BCUT2D eigenvalue weighted by molar-refractivity contribution is 1.18. The van der Waals surface area contributed by atoms with Crippen LogP contribution < -0.4 is 15.1 Å². The lowest BCUT2D eigenvalue weighted by atomic mass is 10.1. The highest BCUT2D eigenvalue weighted by molar-refractivity contribution is 6.33. The average Bonchev–Trinajstić information content (AvgIpc) is 3.96. The molecule has 72 heavy (non-hydrogen) atoms. The zero-order valence-corrected chi connectivity index (χ0v) is 40.1. The molecule has 0 fully saturated rings. The summed E-state index contributed by atoms with van der Waals surface area (Å²) in [5.74, 6) is 0. The summed E-state index contributed by atoms with van der Waals surface area (Å²) in [6.07, 6.45) is 0. The highest BCUT2D eigenvalue weighted by atomic mass is 35.5. The molecule has 0 saturated heterocycles. The molecule has 6 heteroatoms. The van der Waals surface area contributed by atoms with E-state index >= 15 is 0 Å². The van der Waals surface area contributed by atoms with Crippen molar-refractivity contribution in [2.45, 2.75) is 0 Å². The lowest BCUT2D eigenvalue weighted by Gasteiger charge is -2.27. The number of anilines is 8. The number of para-hydroxylation sites is 9. The van der Waals surface area contributed by atoms with Gasteiger partial charge in [0.15, 0.2) is 0 Å². The molecule has 13 aromatic rings. The molecule has 0 aliphatic carbocycles. The molecule has 13 rings (SSSR count). The maximum atomic E-state index is 6.79. The third-order valence-electron chi connectivity index (χ3n) is 13.1. The maximum absolute atomic E-state index is 6.79. The van der Waals surface area contributed by atoms with Gasteiger partial charge in [0.05, 0.1) is 33.4 Å². The fourth-order valence-corrected chi connectivity index (χ4v) is 10.3. The van der Waals surface area contributed by atoms with E-state index in [9.17, 15) is 0 Å². The number of hydrogen-bond acceptors (Lipinski definition) is 3. The number of benzene rings is 11. The van der Waals surface area contributed by atoms with Crippen molar-refractivity contribution < 1.29 is 0 Å². The summed E-state index contributed by atoms with van der Waals surface area (Å²) in [4.78, 5) is 4.65. The van der Waals surface area contributed by atoms with E-state index in [4.69, 9.17) is 11.6 Å². The van der Waals surface area contributed by atoms with Gasteiger partial charge in [0.1, 0.15) is 0 Å². The maximum Gasteiger partial charge on any atom is 0.0582 e. The molecule has 11 aromatic carbocycles. The molecule has 0 radical (unpaired) electrons. The summed E-state index contributed by atoms with van der Waals surface area (Å²) < 4.78 is 4.67.